The van der Waals surface area contributed by atoms with Crippen molar-refractivity contribution in [1.82, 2.24) is 9.62 Å². The van der Waals surface area contributed by atoms with E-state index in [-0.39, 0.29) is 18.2 Å². The van der Waals surface area contributed by atoms with Crippen LogP contribution in [0.4, 0.5) is 0 Å². The van der Waals surface area contributed by atoms with Gasteiger partial charge in [-0.05, 0) is 30.9 Å². The second-order valence-electron chi connectivity index (χ2n) is 6.60. The number of hydrogen-bond acceptors (Lipinski definition) is 4. The molecule has 6 heteroatoms. The molecule has 130 valence electrons. The molecule has 1 saturated heterocycles. The summed E-state index contributed by atoms with van der Waals surface area (Å²) in [5.41, 5.74) is 0.483. The van der Waals surface area contributed by atoms with E-state index in [1.807, 2.05) is 32.9 Å². The van der Waals surface area contributed by atoms with E-state index >= 15 is 0 Å². The van der Waals surface area contributed by atoms with Gasteiger partial charge in [0.25, 0.3) is 0 Å². The Kier molecular flexibility index (Phi) is 5.84. The van der Waals surface area contributed by atoms with E-state index in [1.165, 1.54) is 0 Å². The van der Waals surface area contributed by atoms with Gasteiger partial charge >= 0.3 is 0 Å². The first-order chi connectivity index (χ1) is 10.8. The van der Waals surface area contributed by atoms with Crippen LogP contribution in [0.1, 0.15) is 39.2 Å². The van der Waals surface area contributed by atoms with Gasteiger partial charge in [-0.1, -0.05) is 39.0 Å². The van der Waals surface area contributed by atoms with E-state index in [4.69, 9.17) is 0 Å². The Morgan fingerprint density at radius 3 is 2.39 bits per heavy atom. The van der Waals surface area contributed by atoms with Gasteiger partial charge < -0.3 is 10.4 Å². The Balaban J connectivity index is 2.18. The van der Waals surface area contributed by atoms with Gasteiger partial charge in [-0.2, -0.15) is 4.31 Å². The first-order valence-electron chi connectivity index (χ1n) is 8.31. The fourth-order valence-corrected chi connectivity index (χ4v) is 5.04. The van der Waals surface area contributed by atoms with Crippen LogP contribution in [0, 0.1) is 0 Å². The lowest BCUT2D eigenvalue weighted by molar-refractivity contribution is 0.0985. The van der Waals surface area contributed by atoms with Gasteiger partial charge in [0.2, 0.25) is 10.0 Å². The molecule has 1 heterocycles. The third-order valence-corrected chi connectivity index (χ3v) is 6.55. The largest absolute Gasteiger partial charge is 0.394 e. The van der Waals surface area contributed by atoms with Crippen LogP contribution in [-0.2, 0) is 16.4 Å². The van der Waals surface area contributed by atoms with E-state index < -0.39 is 10.0 Å². The van der Waals surface area contributed by atoms with Crippen LogP contribution in [0.25, 0.3) is 0 Å². The Bertz CT molecular complexity index is 620. The molecular weight excluding hydrogens is 312 g/mol. The van der Waals surface area contributed by atoms with Crippen LogP contribution >= 0.6 is 0 Å². The zero-order valence-electron chi connectivity index (χ0n) is 14.2. The number of piperidine rings is 1. The molecule has 0 atom stereocenters. The monoisotopic (exact) mass is 340 g/mol. The van der Waals surface area contributed by atoms with Gasteiger partial charge in [0.05, 0.1) is 11.5 Å². The molecule has 1 aromatic carbocycles. The van der Waals surface area contributed by atoms with Gasteiger partial charge in [0.1, 0.15) is 0 Å². The molecule has 1 aliphatic rings. The zero-order chi connectivity index (χ0) is 17.1. The minimum atomic E-state index is -3.47. The Morgan fingerprint density at radius 1 is 1.26 bits per heavy atom. The number of aliphatic hydroxyl groups is 1. The predicted octanol–water partition coefficient (Wildman–Crippen LogP) is 1.76. The highest BCUT2D eigenvalue weighted by molar-refractivity contribution is 7.89. The molecule has 0 saturated carbocycles. The number of hydrogen-bond donors (Lipinski definition) is 2. The molecule has 0 amide bonds. The zero-order valence-corrected chi connectivity index (χ0v) is 15.1. The van der Waals surface area contributed by atoms with Crippen molar-refractivity contribution in [3.63, 3.8) is 0 Å². The number of rotatable bonds is 6. The van der Waals surface area contributed by atoms with E-state index in [0.717, 1.165) is 5.56 Å². The molecule has 0 aliphatic carbocycles. The molecule has 1 fully saturated rings. The van der Waals surface area contributed by atoms with Crippen molar-refractivity contribution in [2.75, 3.05) is 19.7 Å². The maximum absolute atomic E-state index is 12.9. The fraction of sp³-hybridized carbons (Fsp3) is 0.647. The maximum atomic E-state index is 12.9. The molecule has 2 rings (SSSR count). The van der Waals surface area contributed by atoms with Crippen LogP contribution in [0.15, 0.2) is 29.2 Å². The predicted molar refractivity (Wildman–Crippen MR) is 91.9 cm³/mol. The summed E-state index contributed by atoms with van der Waals surface area (Å²) in [7, 11) is -3.47. The van der Waals surface area contributed by atoms with Gasteiger partial charge in [-0.15, -0.1) is 0 Å². The highest BCUT2D eigenvalue weighted by Crippen LogP contribution is 2.28. The summed E-state index contributed by atoms with van der Waals surface area (Å²) in [6.45, 7) is 6.94. The molecule has 0 spiro atoms. The number of aliphatic hydroxyl groups excluding tert-OH is 1. The summed E-state index contributed by atoms with van der Waals surface area (Å²) < 4.78 is 27.4. The number of nitrogens with one attached hydrogen (secondary N) is 1. The van der Waals surface area contributed by atoms with Crippen molar-refractivity contribution >= 4 is 10.0 Å². The molecule has 0 aromatic heterocycles. The van der Waals surface area contributed by atoms with E-state index in [1.54, 1.807) is 16.4 Å². The quantitative estimate of drug-likeness (QED) is 0.828. The number of aryl methyl sites for hydroxylation is 1. The minimum absolute atomic E-state index is 0.0324. The smallest absolute Gasteiger partial charge is 0.243 e. The lowest BCUT2D eigenvalue weighted by Gasteiger charge is -2.42. The van der Waals surface area contributed by atoms with E-state index in [9.17, 15) is 13.5 Å². The van der Waals surface area contributed by atoms with Crippen LogP contribution in [0.5, 0.6) is 0 Å². The fourth-order valence-electron chi connectivity index (χ4n) is 3.30. The van der Waals surface area contributed by atoms with Crippen molar-refractivity contribution < 1.29 is 13.5 Å². The Hall–Kier alpha value is -0.950. The van der Waals surface area contributed by atoms with Crippen molar-refractivity contribution in [2.24, 2.45) is 0 Å². The van der Waals surface area contributed by atoms with E-state index in [2.05, 4.69) is 5.32 Å². The molecule has 2 N–H and O–H groups in total. The molecule has 5 nitrogen and oxygen atoms in total. The highest BCUT2D eigenvalue weighted by Gasteiger charge is 2.38. The molecule has 0 unspecified atom stereocenters. The van der Waals surface area contributed by atoms with Crippen LogP contribution in [-0.4, -0.2) is 49.1 Å². The second kappa shape index (κ2) is 7.30. The summed E-state index contributed by atoms with van der Waals surface area (Å²) in [5, 5.41) is 13.2. The summed E-state index contributed by atoms with van der Waals surface area (Å²) >= 11 is 0. The average Bonchev–Trinajstić information content (AvgIpc) is 2.54. The SMILES string of the molecule is CCc1ccccc1S(=O)(=O)N1CCC(CO)(NC(C)C)CC1. The number of nitrogens with zero attached hydrogens (tertiary/aromatic N) is 1. The Labute approximate surface area is 139 Å². The second-order valence-corrected chi connectivity index (χ2v) is 8.51. The molecule has 1 aromatic rings. The van der Waals surface area contributed by atoms with Crippen LogP contribution < -0.4 is 5.32 Å². The standard InChI is InChI=1S/C17H28N2O3S/c1-4-15-7-5-6-8-16(15)23(21,22)19-11-9-17(13-20,10-12-19)18-14(2)3/h5-8,14,18,20H,4,9-13H2,1-3H3. The first kappa shape index (κ1) is 18.4. The van der Waals surface area contributed by atoms with Crippen molar-refractivity contribution in [2.45, 2.75) is 56.5 Å². The number of benzene rings is 1. The van der Waals surface area contributed by atoms with Gasteiger partial charge in [0.15, 0.2) is 0 Å². The summed E-state index contributed by atoms with van der Waals surface area (Å²) in [6.07, 6.45) is 1.93. The molecule has 23 heavy (non-hydrogen) atoms. The van der Waals surface area contributed by atoms with Crippen molar-refractivity contribution in [1.29, 1.82) is 0 Å². The topological polar surface area (TPSA) is 69.6 Å². The first-order valence-corrected chi connectivity index (χ1v) is 9.75. The van der Waals surface area contributed by atoms with Gasteiger partial charge in [-0.3, -0.25) is 0 Å². The highest BCUT2D eigenvalue weighted by atomic mass is 32.2. The summed E-state index contributed by atoms with van der Waals surface area (Å²) in [6, 6.07) is 7.46. The Morgan fingerprint density at radius 2 is 1.87 bits per heavy atom. The van der Waals surface area contributed by atoms with Crippen LogP contribution in [0.3, 0.4) is 0 Å². The lowest BCUT2D eigenvalue weighted by Crippen LogP contribution is -2.58. The third kappa shape index (κ3) is 3.94. The third-order valence-electron chi connectivity index (χ3n) is 4.55. The maximum Gasteiger partial charge on any atom is 0.243 e. The molecule has 0 bridgehead atoms. The van der Waals surface area contributed by atoms with Crippen molar-refractivity contribution in [3.8, 4) is 0 Å². The lowest BCUT2D eigenvalue weighted by atomic mass is 9.88. The van der Waals surface area contributed by atoms with E-state index in [0.29, 0.717) is 37.2 Å². The number of sulfonamides is 1. The summed E-state index contributed by atoms with van der Waals surface area (Å²) in [4.78, 5) is 0.413. The minimum Gasteiger partial charge on any atom is -0.394 e. The van der Waals surface area contributed by atoms with Gasteiger partial charge in [-0.25, -0.2) is 8.42 Å². The molecular formula is C17H28N2O3S. The normalized spacial score (nSPS) is 19.2. The summed E-state index contributed by atoms with van der Waals surface area (Å²) in [5.74, 6) is 0. The van der Waals surface area contributed by atoms with Crippen molar-refractivity contribution in [3.05, 3.63) is 29.8 Å². The average molecular weight is 340 g/mol. The van der Waals surface area contributed by atoms with Crippen LogP contribution in [0.2, 0.25) is 0 Å². The molecule has 1 aliphatic heterocycles. The molecule has 0 radical (unpaired) electrons. The van der Waals surface area contributed by atoms with Gasteiger partial charge in [0, 0.05) is 24.7 Å².